The van der Waals surface area contributed by atoms with E-state index in [2.05, 4.69) is 31.8 Å². The molecule has 2 aromatic carbocycles. The van der Waals surface area contributed by atoms with Gasteiger partial charge >= 0.3 is 0 Å². The van der Waals surface area contributed by atoms with Crippen LogP contribution in [-0.2, 0) is 4.79 Å². The number of anilines is 1. The lowest BCUT2D eigenvalue weighted by molar-refractivity contribution is -0.122. The molecule has 0 aliphatic rings. The van der Waals surface area contributed by atoms with Crippen molar-refractivity contribution < 1.29 is 14.3 Å². The molecule has 144 valence electrons. The molecule has 2 rings (SSSR count). The Bertz CT molecular complexity index is 757. The molecule has 0 aliphatic heterocycles. The molecular weight excluding hydrogens is 338 g/mol. The van der Waals surface area contributed by atoms with Gasteiger partial charge in [0.15, 0.2) is 6.10 Å². The molecule has 2 aromatic rings. The van der Waals surface area contributed by atoms with Gasteiger partial charge in [0, 0.05) is 11.8 Å². The smallest absolute Gasteiger partial charge is 0.265 e. The van der Waals surface area contributed by atoms with Crippen LogP contribution in [0.2, 0.25) is 0 Å². The quantitative estimate of drug-likeness (QED) is 0.559. The third-order valence-electron chi connectivity index (χ3n) is 4.46. The fourth-order valence-electron chi connectivity index (χ4n) is 2.73. The number of para-hydroxylation sites is 1. The first kappa shape index (κ1) is 20.6. The first-order chi connectivity index (χ1) is 13.1. The van der Waals surface area contributed by atoms with Gasteiger partial charge in [0.1, 0.15) is 18.1 Å². The number of rotatable bonds is 10. The second kappa shape index (κ2) is 10.4. The summed E-state index contributed by atoms with van der Waals surface area (Å²) in [5.74, 6) is 1.67. The minimum Gasteiger partial charge on any atom is -0.489 e. The fourth-order valence-corrected chi connectivity index (χ4v) is 2.73. The Hall–Kier alpha value is -2.75. The van der Waals surface area contributed by atoms with Crippen molar-refractivity contribution in [1.29, 1.82) is 0 Å². The molecule has 2 unspecified atom stereocenters. The summed E-state index contributed by atoms with van der Waals surface area (Å²) in [5, 5.41) is 2.92. The van der Waals surface area contributed by atoms with E-state index in [1.165, 1.54) is 0 Å². The Morgan fingerprint density at radius 1 is 1.15 bits per heavy atom. The average Bonchev–Trinajstić information content (AvgIpc) is 2.70. The minimum absolute atomic E-state index is 0.169. The van der Waals surface area contributed by atoms with Gasteiger partial charge in [-0.1, -0.05) is 57.7 Å². The van der Waals surface area contributed by atoms with Crippen molar-refractivity contribution in [3.05, 3.63) is 66.7 Å². The number of amides is 1. The number of ether oxygens (including phenoxy) is 2. The first-order valence-corrected chi connectivity index (χ1v) is 9.49. The van der Waals surface area contributed by atoms with E-state index >= 15 is 0 Å². The highest BCUT2D eigenvalue weighted by Gasteiger charge is 2.21. The molecule has 0 saturated heterocycles. The van der Waals surface area contributed by atoms with E-state index in [9.17, 15) is 4.79 Å². The van der Waals surface area contributed by atoms with Gasteiger partial charge in [0.2, 0.25) is 0 Å². The Kier molecular flexibility index (Phi) is 7.93. The van der Waals surface area contributed by atoms with E-state index in [1.807, 2.05) is 43.3 Å². The zero-order valence-electron chi connectivity index (χ0n) is 16.4. The van der Waals surface area contributed by atoms with Gasteiger partial charge in [-0.05, 0) is 42.5 Å². The molecule has 4 heteroatoms. The Labute approximate surface area is 162 Å². The Morgan fingerprint density at radius 3 is 2.63 bits per heavy atom. The van der Waals surface area contributed by atoms with E-state index in [4.69, 9.17) is 9.47 Å². The van der Waals surface area contributed by atoms with Crippen molar-refractivity contribution in [1.82, 2.24) is 0 Å². The number of hydrogen-bond acceptors (Lipinski definition) is 3. The molecule has 0 aromatic heterocycles. The summed E-state index contributed by atoms with van der Waals surface area (Å²) in [5.41, 5.74) is 1.81. The molecule has 4 nitrogen and oxygen atoms in total. The van der Waals surface area contributed by atoms with E-state index in [0.717, 1.165) is 17.7 Å². The highest BCUT2D eigenvalue weighted by molar-refractivity contribution is 5.94. The van der Waals surface area contributed by atoms with Gasteiger partial charge in [0.05, 0.1) is 0 Å². The molecule has 0 bridgehead atoms. The van der Waals surface area contributed by atoms with Gasteiger partial charge in [-0.15, -0.1) is 0 Å². The van der Waals surface area contributed by atoms with Gasteiger partial charge < -0.3 is 14.8 Å². The van der Waals surface area contributed by atoms with Crippen LogP contribution in [0.4, 0.5) is 5.69 Å². The number of carbonyl (C=O) groups is 1. The second-order valence-electron chi connectivity index (χ2n) is 6.48. The van der Waals surface area contributed by atoms with Crippen LogP contribution >= 0.6 is 0 Å². The standard InChI is InChI=1S/C23H29NO3/c1-5-15-26-19-12-10-11-18(16-19)24-23(25)21(7-3)27-22-14-9-8-13-20(22)17(4)6-2/h5,8-14,16-17,21H,1,6-7,15H2,2-4H3,(H,24,25). The highest BCUT2D eigenvalue weighted by Crippen LogP contribution is 2.29. The van der Waals surface area contributed by atoms with Gasteiger partial charge in [-0.25, -0.2) is 0 Å². The van der Waals surface area contributed by atoms with E-state index in [0.29, 0.717) is 30.4 Å². The van der Waals surface area contributed by atoms with Gasteiger partial charge in [-0.2, -0.15) is 0 Å². The van der Waals surface area contributed by atoms with Crippen LogP contribution in [0.25, 0.3) is 0 Å². The Balaban J connectivity index is 2.10. The summed E-state index contributed by atoms with van der Waals surface area (Å²) in [6.07, 6.45) is 2.71. The van der Waals surface area contributed by atoms with Crippen LogP contribution in [0, 0.1) is 0 Å². The fraction of sp³-hybridized carbons (Fsp3) is 0.348. The molecule has 27 heavy (non-hydrogen) atoms. The van der Waals surface area contributed by atoms with Crippen LogP contribution in [-0.4, -0.2) is 18.6 Å². The normalized spacial score (nSPS) is 12.7. The topological polar surface area (TPSA) is 47.6 Å². The maximum atomic E-state index is 12.7. The largest absolute Gasteiger partial charge is 0.489 e. The van der Waals surface area contributed by atoms with E-state index < -0.39 is 6.10 Å². The predicted molar refractivity (Wildman–Crippen MR) is 111 cm³/mol. The lowest BCUT2D eigenvalue weighted by atomic mass is 9.98. The Morgan fingerprint density at radius 2 is 1.93 bits per heavy atom. The highest BCUT2D eigenvalue weighted by atomic mass is 16.5. The van der Waals surface area contributed by atoms with Crippen LogP contribution in [0.3, 0.4) is 0 Å². The maximum Gasteiger partial charge on any atom is 0.265 e. The molecule has 1 amide bonds. The van der Waals surface area contributed by atoms with Crippen molar-refractivity contribution >= 4 is 11.6 Å². The van der Waals surface area contributed by atoms with Crippen molar-refractivity contribution in [2.24, 2.45) is 0 Å². The number of nitrogens with one attached hydrogen (secondary N) is 1. The van der Waals surface area contributed by atoms with E-state index in [-0.39, 0.29) is 5.91 Å². The second-order valence-corrected chi connectivity index (χ2v) is 6.48. The van der Waals surface area contributed by atoms with Gasteiger partial charge in [0.25, 0.3) is 5.91 Å². The molecule has 0 radical (unpaired) electrons. The zero-order valence-corrected chi connectivity index (χ0v) is 16.4. The summed E-state index contributed by atoms with van der Waals surface area (Å²) >= 11 is 0. The van der Waals surface area contributed by atoms with Crippen molar-refractivity contribution in [3.8, 4) is 11.5 Å². The minimum atomic E-state index is -0.562. The lowest BCUT2D eigenvalue weighted by Crippen LogP contribution is -2.32. The summed E-state index contributed by atoms with van der Waals surface area (Å²) in [7, 11) is 0. The molecule has 2 atom stereocenters. The van der Waals surface area contributed by atoms with Gasteiger partial charge in [-0.3, -0.25) is 4.79 Å². The summed E-state index contributed by atoms with van der Waals surface area (Å²) in [6, 6.07) is 15.2. The third kappa shape index (κ3) is 5.88. The summed E-state index contributed by atoms with van der Waals surface area (Å²) < 4.78 is 11.6. The van der Waals surface area contributed by atoms with Crippen LogP contribution in [0.5, 0.6) is 11.5 Å². The summed E-state index contributed by atoms with van der Waals surface area (Å²) in [4.78, 5) is 12.7. The maximum absolute atomic E-state index is 12.7. The number of benzene rings is 2. The molecule has 0 fully saturated rings. The van der Waals surface area contributed by atoms with Crippen LogP contribution in [0.15, 0.2) is 61.2 Å². The van der Waals surface area contributed by atoms with E-state index in [1.54, 1.807) is 12.1 Å². The SMILES string of the molecule is C=CCOc1cccc(NC(=O)C(CC)Oc2ccccc2C(C)CC)c1. The third-order valence-corrected chi connectivity index (χ3v) is 4.46. The molecule has 0 saturated carbocycles. The number of carbonyl (C=O) groups excluding carboxylic acids is 1. The van der Waals surface area contributed by atoms with Crippen molar-refractivity contribution in [2.75, 3.05) is 11.9 Å². The molecule has 0 spiro atoms. The predicted octanol–water partition coefficient (Wildman–Crippen LogP) is 5.56. The van der Waals surface area contributed by atoms with Crippen LogP contribution < -0.4 is 14.8 Å². The monoisotopic (exact) mass is 367 g/mol. The number of hydrogen-bond donors (Lipinski definition) is 1. The first-order valence-electron chi connectivity index (χ1n) is 9.49. The molecule has 0 heterocycles. The lowest BCUT2D eigenvalue weighted by Gasteiger charge is -2.21. The molecule has 1 N–H and O–H groups in total. The van der Waals surface area contributed by atoms with Crippen molar-refractivity contribution in [2.45, 2.75) is 45.6 Å². The summed E-state index contributed by atoms with van der Waals surface area (Å²) in [6.45, 7) is 10.3. The zero-order chi connectivity index (χ0) is 19.6. The molecular formula is C23H29NO3. The van der Waals surface area contributed by atoms with Crippen molar-refractivity contribution in [3.63, 3.8) is 0 Å². The van der Waals surface area contributed by atoms with Crippen LogP contribution in [0.1, 0.15) is 45.1 Å². The average molecular weight is 367 g/mol. The molecule has 0 aliphatic carbocycles.